The molecule has 1 aliphatic carbocycles. The summed E-state index contributed by atoms with van der Waals surface area (Å²) in [6, 6.07) is 75.0. The molecule has 1 aliphatic rings. The van der Waals surface area contributed by atoms with Crippen molar-refractivity contribution in [1.82, 2.24) is 0 Å². The van der Waals surface area contributed by atoms with Gasteiger partial charge in [0, 0.05) is 17.1 Å². The molecule has 8 aromatic rings. The molecule has 8 aromatic carbocycles. The zero-order chi connectivity index (χ0) is 38.6. The highest BCUT2D eigenvalue weighted by atomic mass is 15.1. The Labute approximate surface area is 336 Å². The van der Waals surface area contributed by atoms with Gasteiger partial charge in [-0.3, -0.25) is 0 Å². The van der Waals surface area contributed by atoms with Crippen molar-refractivity contribution < 1.29 is 0 Å². The summed E-state index contributed by atoms with van der Waals surface area (Å²) in [5.41, 5.74) is 17.2. The summed E-state index contributed by atoms with van der Waals surface area (Å²) in [4.78, 5) is 2.39. The molecular formula is C56H41N. The van der Waals surface area contributed by atoms with Crippen molar-refractivity contribution in [2.75, 3.05) is 4.90 Å². The largest absolute Gasteiger partial charge is 0.310 e. The molecule has 0 saturated carbocycles. The van der Waals surface area contributed by atoms with E-state index in [9.17, 15) is 0 Å². The molecule has 0 fully saturated rings. The van der Waals surface area contributed by atoms with Gasteiger partial charge in [0.25, 0.3) is 0 Å². The standard InChI is InChI=1S/C56H41N/c1-3-4-9-18-41(2)46-31-37-52-53-38-36-51(40-55(53)56(54(52)39-46,47-23-14-7-15-24-47)48-25-16-8-17-26-48)57(49-32-27-44(28-33-49)42-19-10-5-11-20-42)50-34-29-45(30-35-50)43-21-12-6-13-22-43/h1,4-40H,2H3. The first-order valence-electron chi connectivity index (χ1n) is 19.5. The van der Waals surface area contributed by atoms with Crippen LogP contribution in [-0.4, -0.2) is 0 Å². The molecule has 270 valence electrons. The fraction of sp³-hybridized carbons (Fsp3) is 0.0357. The SMILES string of the molecule is C#CC=CC=C(C)c1ccc2c(c1)C(c1ccccc1)(c1ccccc1)c1cc(N(c3ccc(-c4ccccc4)cc3)c3ccc(-c4ccccc4)cc3)ccc1-2. The van der Waals surface area contributed by atoms with Crippen LogP contribution >= 0.6 is 0 Å². The van der Waals surface area contributed by atoms with Gasteiger partial charge in [-0.2, -0.15) is 0 Å². The van der Waals surface area contributed by atoms with Crippen LogP contribution in [0, 0.1) is 12.3 Å². The Bertz CT molecular complexity index is 2630. The lowest BCUT2D eigenvalue weighted by molar-refractivity contribution is 0.768. The van der Waals surface area contributed by atoms with Crippen LogP contribution in [0.1, 0.15) is 34.7 Å². The second-order valence-corrected chi connectivity index (χ2v) is 14.5. The summed E-state index contributed by atoms with van der Waals surface area (Å²) in [7, 11) is 0. The minimum Gasteiger partial charge on any atom is -0.310 e. The van der Waals surface area contributed by atoms with Crippen molar-refractivity contribution in [3.8, 4) is 45.7 Å². The van der Waals surface area contributed by atoms with Crippen molar-refractivity contribution in [3.05, 3.63) is 252 Å². The summed E-state index contributed by atoms with van der Waals surface area (Å²) < 4.78 is 0. The maximum atomic E-state index is 5.54. The van der Waals surface area contributed by atoms with Crippen molar-refractivity contribution >= 4 is 22.6 Å². The fourth-order valence-electron chi connectivity index (χ4n) is 8.52. The van der Waals surface area contributed by atoms with Gasteiger partial charge in [0.1, 0.15) is 0 Å². The minimum atomic E-state index is -0.575. The molecule has 1 nitrogen and oxygen atoms in total. The Morgan fingerprint density at radius 2 is 0.895 bits per heavy atom. The maximum absolute atomic E-state index is 5.54. The first-order valence-corrected chi connectivity index (χ1v) is 19.5. The van der Waals surface area contributed by atoms with E-state index >= 15 is 0 Å². The topological polar surface area (TPSA) is 3.24 Å². The highest BCUT2D eigenvalue weighted by molar-refractivity contribution is 5.91. The molecule has 0 N–H and O–H groups in total. The maximum Gasteiger partial charge on any atom is 0.0714 e. The third kappa shape index (κ3) is 6.48. The smallest absolute Gasteiger partial charge is 0.0714 e. The van der Waals surface area contributed by atoms with Gasteiger partial charge in [-0.25, -0.2) is 0 Å². The van der Waals surface area contributed by atoms with Gasteiger partial charge in [-0.1, -0.05) is 182 Å². The Morgan fingerprint density at radius 1 is 0.474 bits per heavy atom. The average Bonchev–Trinajstić information content (AvgIpc) is 3.58. The number of allylic oxidation sites excluding steroid dienone is 4. The van der Waals surface area contributed by atoms with Crippen LogP contribution in [0.25, 0.3) is 39.0 Å². The molecular weight excluding hydrogens is 687 g/mol. The number of hydrogen-bond donors (Lipinski definition) is 0. The van der Waals surface area contributed by atoms with Gasteiger partial charge in [0.05, 0.1) is 5.41 Å². The predicted octanol–water partition coefficient (Wildman–Crippen LogP) is 14.4. The van der Waals surface area contributed by atoms with Crippen LogP contribution in [0.2, 0.25) is 0 Å². The van der Waals surface area contributed by atoms with Gasteiger partial charge in [-0.15, -0.1) is 6.42 Å². The monoisotopic (exact) mass is 727 g/mol. The van der Waals surface area contributed by atoms with E-state index in [1.807, 2.05) is 6.08 Å². The molecule has 0 spiro atoms. The van der Waals surface area contributed by atoms with E-state index in [1.54, 1.807) is 6.08 Å². The van der Waals surface area contributed by atoms with Crippen molar-refractivity contribution in [3.63, 3.8) is 0 Å². The number of benzene rings is 8. The van der Waals surface area contributed by atoms with Crippen molar-refractivity contribution in [2.45, 2.75) is 12.3 Å². The number of anilines is 3. The Kier molecular flexibility index (Phi) is 9.53. The summed E-state index contributed by atoms with van der Waals surface area (Å²) in [5, 5.41) is 0. The highest BCUT2D eigenvalue weighted by Crippen LogP contribution is 2.57. The first-order chi connectivity index (χ1) is 28.1. The molecule has 9 rings (SSSR count). The number of rotatable bonds is 9. The fourth-order valence-corrected chi connectivity index (χ4v) is 8.52. The molecule has 0 bridgehead atoms. The molecule has 0 amide bonds. The average molecular weight is 728 g/mol. The van der Waals surface area contributed by atoms with Crippen LogP contribution < -0.4 is 4.90 Å². The lowest BCUT2D eigenvalue weighted by atomic mass is 9.67. The molecule has 0 radical (unpaired) electrons. The van der Waals surface area contributed by atoms with E-state index < -0.39 is 5.41 Å². The third-order valence-electron chi connectivity index (χ3n) is 11.3. The summed E-state index contributed by atoms with van der Waals surface area (Å²) in [6.45, 7) is 2.15. The summed E-state index contributed by atoms with van der Waals surface area (Å²) >= 11 is 0. The van der Waals surface area contributed by atoms with E-state index in [-0.39, 0.29) is 0 Å². The zero-order valence-corrected chi connectivity index (χ0v) is 31.9. The lowest BCUT2D eigenvalue weighted by Crippen LogP contribution is -2.29. The summed E-state index contributed by atoms with van der Waals surface area (Å²) in [5.74, 6) is 2.61. The molecule has 0 atom stereocenters. The Balaban J connectivity index is 1.26. The third-order valence-corrected chi connectivity index (χ3v) is 11.3. The minimum absolute atomic E-state index is 0.575. The van der Waals surface area contributed by atoms with Gasteiger partial charge in [0.15, 0.2) is 0 Å². The van der Waals surface area contributed by atoms with Crippen LogP contribution in [0.15, 0.2) is 224 Å². The van der Waals surface area contributed by atoms with Crippen LogP contribution in [0.4, 0.5) is 17.1 Å². The molecule has 0 unspecified atom stereocenters. The molecule has 0 saturated heterocycles. The second kappa shape index (κ2) is 15.4. The van der Waals surface area contributed by atoms with E-state index in [4.69, 9.17) is 6.42 Å². The number of terminal acetylenes is 1. The van der Waals surface area contributed by atoms with Gasteiger partial charge in [0.2, 0.25) is 0 Å². The van der Waals surface area contributed by atoms with Gasteiger partial charge < -0.3 is 4.90 Å². The van der Waals surface area contributed by atoms with E-state index in [0.29, 0.717) is 0 Å². The summed E-state index contributed by atoms with van der Waals surface area (Å²) in [6.07, 6.45) is 11.3. The van der Waals surface area contributed by atoms with Crippen LogP contribution in [0.5, 0.6) is 0 Å². The first kappa shape index (κ1) is 35.3. The molecule has 0 heterocycles. The quantitative estimate of drug-likeness (QED) is 0.106. The number of hydrogen-bond acceptors (Lipinski definition) is 1. The van der Waals surface area contributed by atoms with Crippen molar-refractivity contribution in [1.29, 1.82) is 0 Å². The molecule has 1 heteroatoms. The number of nitrogens with zero attached hydrogens (tertiary/aromatic N) is 1. The lowest BCUT2D eigenvalue weighted by Gasteiger charge is -2.35. The number of fused-ring (bicyclic) bond motifs is 3. The molecule has 0 aromatic heterocycles. The van der Waals surface area contributed by atoms with Gasteiger partial charge >= 0.3 is 0 Å². The van der Waals surface area contributed by atoms with Crippen molar-refractivity contribution in [2.24, 2.45) is 0 Å². The van der Waals surface area contributed by atoms with Crippen LogP contribution in [0.3, 0.4) is 0 Å². The predicted molar refractivity (Wildman–Crippen MR) is 241 cm³/mol. The normalized spacial score (nSPS) is 12.8. The van der Waals surface area contributed by atoms with E-state index in [1.165, 1.54) is 61.2 Å². The van der Waals surface area contributed by atoms with Gasteiger partial charge in [-0.05, 0) is 122 Å². The molecule has 0 aliphatic heterocycles. The zero-order valence-electron chi connectivity index (χ0n) is 31.9. The molecule has 57 heavy (non-hydrogen) atoms. The van der Waals surface area contributed by atoms with Crippen LogP contribution in [-0.2, 0) is 5.41 Å². The Hall–Kier alpha value is -7.40. The van der Waals surface area contributed by atoms with E-state index in [2.05, 4.69) is 230 Å². The second-order valence-electron chi connectivity index (χ2n) is 14.5. The highest BCUT2D eigenvalue weighted by Gasteiger charge is 2.46. The Morgan fingerprint density at radius 3 is 1.39 bits per heavy atom. The van der Waals surface area contributed by atoms with E-state index in [0.717, 1.165) is 22.6 Å².